The molecule has 0 spiro atoms. The monoisotopic (exact) mass is 264 g/mol. The van der Waals surface area contributed by atoms with Crippen molar-refractivity contribution in [2.24, 2.45) is 5.41 Å². The van der Waals surface area contributed by atoms with Gasteiger partial charge in [-0.15, -0.1) is 0 Å². The van der Waals surface area contributed by atoms with Crippen LogP contribution in [0.4, 0.5) is 11.6 Å². The van der Waals surface area contributed by atoms with Gasteiger partial charge in [0.15, 0.2) is 0 Å². The molecule has 0 aromatic carbocycles. The van der Waals surface area contributed by atoms with Crippen molar-refractivity contribution < 1.29 is 0 Å². The molecule has 0 radical (unpaired) electrons. The Balaban J connectivity index is 3.08. The Morgan fingerprint density at radius 2 is 1.68 bits per heavy atom. The first-order valence-corrected chi connectivity index (χ1v) is 7.17. The zero-order valence-corrected chi connectivity index (χ0v) is 13.4. The minimum absolute atomic E-state index is 0.197. The van der Waals surface area contributed by atoms with E-state index in [9.17, 15) is 0 Å². The SMILES string of the molecule is CCNc1nc(CC)nc(NC(C)C(C)(C)C)c1C. The molecule has 2 N–H and O–H groups in total. The molecule has 0 aliphatic rings. The number of anilines is 2. The van der Waals surface area contributed by atoms with E-state index in [2.05, 4.69) is 69.1 Å². The van der Waals surface area contributed by atoms with Gasteiger partial charge in [-0.1, -0.05) is 27.7 Å². The molecule has 0 aliphatic carbocycles. The Labute approximate surface area is 117 Å². The lowest BCUT2D eigenvalue weighted by molar-refractivity contribution is 0.358. The van der Waals surface area contributed by atoms with Gasteiger partial charge in [-0.25, -0.2) is 9.97 Å². The summed E-state index contributed by atoms with van der Waals surface area (Å²) < 4.78 is 0. The number of aryl methyl sites for hydroxylation is 1. The number of hydrogen-bond acceptors (Lipinski definition) is 4. The molecule has 0 amide bonds. The zero-order chi connectivity index (χ0) is 14.6. The smallest absolute Gasteiger partial charge is 0.135 e. The van der Waals surface area contributed by atoms with Crippen LogP contribution in [-0.2, 0) is 6.42 Å². The summed E-state index contributed by atoms with van der Waals surface area (Å²) in [6, 6.07) is 0.347. The van der Waals surface area contributed by atoms with Gasteiger partial charge < -0.3 is 10.6 Å². The zero-order valence-electron chi connectivity index (χ0n) is 13.4. The Bertz CT molecular complexity index is 421. The molecule has 1 rings (SSSR count). The highest BCUT2D eigenvalue weighted by Gasteiger charge is 2.21. The number of hydrogen-bond donors (Lipinski definition) is 2. The molecule has 1 aromatic rings. The summed E-state index contributed by atoms with van der Waals surface area (Å²) in [6.07, 6.45) is 0.844. The first-order chi connectivity index (χ1) is 8.79. The Hall–Kier alpha value is -1.32. The third kappa shape index (κ3) is 4.08. The molecule has 0 aliphatic heterocycles. The van der Waals surface area contributed by atoms with Crippen molar-refractivity contribution in [2.45, 2.75) is 60.9 Å². The van der Waals surface area contributed by atoms with E-state index in [-0.39, 0.29) is 5.41 Å². The van der Waals surface area contributed by atoms with Crippen LogP contribution in [0.3, 0.4) is 0 Å². The van der Waals surface area contributed by atoms with Crippen LogP contribution >= 0.6 is 0 Å². The summed E-state index contributed by atoms with van der Waals surface area (Å²) in [5, 5.41) is 6.84. The molecule has 4 heteroatoms. The fourth-order valence-corrected chi connectivity index (χ4v) is 1.62. The van der Waals surface area contributed by atoms with Crippen LogP contribution in [-0.4, -0.2) is 22.6 Å². The maximum atomic E-state index is 4.62. The van der Waals surface area contributed by atoms with Crippen LogP contribution in [0.1, 0.15) is 52.9 Å². The molecule has 1 atom stereocenters. The van der Waals surface area contributed by atoms with Crippen LogP contribution in [0.15, 0.2) is 0 Å². The summed E-state index contributed by atoms with van der Waals surface area (Å²) in [5.74, 6) is 2.77. The van der Waals surface area contributed by atoms with Crippen LogP contribution in [0.5, 0.6) is 0 Å². The molecule has 0 saturated carbocycles. The minimum atomic E-state index is 0.197. The second-order valence-corrected chi connectivity index (χ2v) is 6.08. The summed E-state index contributed by atoms with van der Waals surface area (Å²) in [7, 11) is 0. The number of nitrogens with one attached hydrogen (secondary N) is 2. The van der Waals surface area contributed by atoms with Crippen LogP contribution in [0, 0.1) is 12.3 Å². The molecule has 0 bridgehead atoms. The predicted molar refractivity (Wildman–Crippen MR) is 82.9 cm³/mol. The number of rotatable bonds is 5. The lowest BCUT2D eigenvalue weighted by Crippen LogP contribution is -2.31. The second-order valence-electron chi connectivity index (χ2n) is 6.08. The first-order valence-electron chi connectivity index (χ1n) is 7.17. The molecule has 1 aromatic heterocycles. The van der Waals surface area contributed by atoms with E-state index < -0.39 is 0 Å². The van der Waals surface area contributed by atoms with Crippen molar-refractivity contribution in [1.82, 2.24) is 9.97 Å². The topological polar surface area (TPSA) is 49.8 Å². The molecule has 1 unspecified atom stereocenters. The molecule has 1 heterocycles. The van der Waals surface area contributed by atoms with Gasteiger partial charge in [0.05, 0.1) is 0 Å². The third-order valence-corrected chi connectivity index (χ3v) is 3.50. The standard InChI is InChI=1S/C15H28N4/c1-8-12-18-13(16-9-2)10(3)14(19-12)17-11(4)15(5,6)7/h11H,8-9H2,1-7H3,(H2,16,17,18,19). The van der Waals surface area contributed by atoms with Crippen molar-refractivity contribution in [3.8, 4) is 0 Å². The summed E-state index contributed by atoms with van der Waals surface area (Å²) in [5.41, 5.74) is 1.29. The Kier molecular flexibility index (Phi) is 5.15. The molecule has 19 heavy (non-hydrogen) atoms. The van der Waals surface area contributed by atoms with Crippen LogP contribution < -0.4 is 10.6 Å². The van der Waals surface area contributed by atoms with Gasteiger partial charge in [-0.2, -0.15) is 0 Å². The van der Waals surface area contributed by atoms with Gasteiger partial charge in [-0.05, 0) is 26.2 Å². The van der Waals surface area contributed by atoms with E-state index in [4.69, 9.17) is 0 Å². The van der Waals surface area contributed by atoms with E-state index in [1.807, 2.05) is 0 Å². The van der Waals surface area contributed by atoms with Gasteiger partial charge in [0.1, 0.15) is 17.5 Å². The first kappa shape index (κ1) is 15.7. The van der Waals surface area contributed by atoms with E-state index in [1.165, 1.54) is 0 Å². The highest BCUT2D eigenvalue weighted by Crippen LogP contribution is 2.26. The molecular formula is C15H28N4. The van der Waals surface area contributed by atoms with Crippen molar-refractivity contribution >= 4 is 11.6 Å². The molecular weight excluding hydrogens is 236 g/mol. The average molecular weight is 264 g/mol. The lowest BCUT2D eigenvalue weighted by atomic mass is 9.88. The van der Waals surface area contributed by atoms with E-state index in [1.54, 1.807) is 0 Å². The summed E-state index contributed by atoms with van der Waals surface area (Å²) >= 11 is 0. The van der Waals surface area contributed by atoms with Crippen molar-refractivity contribution in [3.05, 3.63) is 11.4 Å². The lowest BCUT2D eigenvalue weighted by Gasteiger charge is -2.29. The Morgan fingerprint density at radius 1 is 1.11 bits per heavy atom. The van der Waals surface area contributed by atoms with Crippen LogP contribution in [0.25, 0.3) is 0 Å². The Morgan fingerprint density at radius 3 is 2.16 bits per heavy atom. The van der Waals surface area contributed by atoms with Gasteiger partial charge >= 0.3 is 0 Å². The minimum Gasteiger partial charge on any atom is -0.370 e. The third-order valence-electron chi connectivity index (χ3n) is 3.50. The summed E-state index contributed by atoms with van der Waals surface area (Å²) in [6.45, 7) is 16.0. The van der Waals surface area contributed by atoms with Crippen molar-refractivity contribution in [3.63, 3.8) is 0 Å². The average Bonchev–Trinajstić information content (AvgIpc) is 2.32. The highest BCUT2D eigenvalue weighted by atomic mass is 15.1. The predicted octanol–water partition coefficient (Wildman–Crippen LogP) is 3.63. The number of nitrogens with zero attached hydrogens (tertiary/aromatic N) is 2. The largest absolute Gasteiger partial charge is 0.370 e. The molecule has 4 nitrogen and oxygen atoms in total. The van der Waals surface area contributed by atoms with Crippen molar-refractivity contribution in [2.75, 3.05) is 17.2 Å². The normalized spacial score (nSPS) is 13.2. The van der Waals surface area contributed by atoms with Crippen molar-refractivity contribution in [1.29, 1.82) is 0 Å². The molecule has 108 valence electrons. The van der Waals surface area contributed by atoms with E-state index in [0.717, 1.165) is 36.0 Å². The van der Waals surface area contributed by atoms with E-state index in [0.29, 0.717) is 6.04 Å². The maximum Gasteiger partial charge on any atom is 0.135 e. The number of aromatic nitrogens is 2. The quantitative estimate of drug-likeness (QED) is 0.852. The highest BCUT2D eigenvalue weighted by molar-refractivity contribution is 5.57. The van der Waals surface area contributed by atoms with Gasteiger partial charge in [0.2, 0.25) is 0 Å². The van der Waals surface area contributed by atoms with Gasteiger partial charge in [-0.3, -0.25) is 0 Å². The van der Waals surface area contributed by atoms with Gasteiger partial charge in [0.25, 0.3) is 0 Å². The second kappa shape index (κ2) is 6.22. The maximum absolute atomic E-state index is 4.62. The molecule has 0 fully saturated rings. The van der Waals surface area contributed by atoms with Gasteiger partial charge in [0, 0.05) is 24.6 Å². The summed E-state index contributed by atoms with van der Waals surface area (Å²) in [4.78, 5) is 9.17. The fraction of sp³-hybridized carbons (Fsp3) is 0.733. The molecule has 0 saturated heterocycles. The van der Waals surface area contributed by atoms with E-state index >= 15 is 0 Å². The fourth-order valence-electron chi connectivity index (χ4n) is 1.62. The van der Waals surface area contributed by atoms with Crippen LogP contribution in [0.2, 0.25) is 0 Å².